The van der Waals surface area contributed by atoms with Gasteiger partial charge < -0.3 is 39.4 Å². The first-order chi connectivity index (χ1) is 30.8. The molecule has 0 aliphatic heterocycles. The molecule has 0 amide bonds. The van der Waals surface area contributed by atoms with E-state index in [2.05, 4.69) is 185 Å². The molecular weight excluding hydrogens is 793 g/mol. The first-order valence-corrected chi connectivity index (χ1v) is 20.9. The number of carboxylic acid groups (broad SMARTS) is 1. The van der Waals surface area contributed by atoms with Crippen LogP contribution in [0.25, 0.3) is 10.9 Å². The van der Waals surface area contributed by atoms with E-state index in [1.165, 1.54) is 6.08 Å². The fraction of sp³-hybridized carbons (Fsp3) is 0.148. The third kappa shape index (κ3) is 9.80. The summed E-state index contributed by atoms with van der Waals surface area (Å²) in [6, 6.07) is 58.8. The Balaban J connectivity index is 1.31. The van der Waals surface area contributed by atoms with E-state index < -0.39 is 5.97 Å². The Morgan fingerprint density at radius 2 is 0.531 bits per heavy atom. The van der Waals surface area contributed by atoms with Crippen LogP contribution in [-0.4, -0.2) is 67.5 Å². The summed E-state index contributed by atoms with van der Waals surface area (Å²) >= 11 is 0. The molecule has 1 N–H and O–H groups in total. The van der Waals surface area contributed by atoms with Crippen molar-refractivity contribution in [3.63, 3.8) is 0 Å². The minimum absolute atomic E-state index is 0.342. The van der Waals surface area contributed by atoms with Crippen LogP contribution in [0.3, 0.4) is 0 Å². The molecule has 0 aliphatic carbocycles. The van der Waals surface area contributed by atoms with Crippen LogP contribution in [-0.2, 0) is 4.79 Å². The van der Waals surface area contributed by atoms with E-state index in [-0.39, 0.29) is 5.70 Å². The topological polar surface area (TPSA) is 64.3 Å². The smallest absolute Gasteiger partial charge is 0.333 e. The average Bonchev–Trinajstić information content (AvgIpc) is 3.30. The number of rotatable bonds is 15. The molecule has 0 saturated heterocycles. The summed E-state index contributed by atoms with van der Waals surface area (Å²) in [5.74, 6) is -1.26. The molecule has 0 heterocycles. The van der Waals surface area contributed by atoms with Gasteiger partial charge in [-0.3, -0.25) is 4.79 Å². The van der Waals surface area contributed by atoms with Crippen molar-refractivity contribution >= 4 is 86.0 Å². The third-order valence-corrected chi connectivity index (χ3v) is 11.0. The minimum Gasteiger partial charge on any atom is -0.486 e. The summed E-state index contributed by atoms with van der Waals surface area (Å²) in [6.07, 6.45) is 1.39. The van der Waals surface area contributed by atoms with Crippen molar-refractivity contribution in [3.8, 4) is 0 Å². The molecule has 0 bridgehead atoms. The van der Waals surface area contributed by atoms with Gasteiger partial charge in [0.1, 0.15) is 0 Å². The van der Waals surface area contributed by atoms with Crippen molar-refractivity contribution in [2.75, 3.05) is 90.7 Å². The predicted octanol–water partition coefficient (Wildman–Crippen LogP) is 12.7. The highest BCUT2D eigenvalue weighted by Crippen LogP contribution is 2.42. The van der Waals surface area contributed by atoms with E-state index in [1.54, 1.807) is 0 Å². The Hall–Kier alpha value is -8.16. The number of anilines is 13. The van der Waals surface area contributed by atoms with E-state index in [0.717, 1.165) is 73.9 Å². The number of nitrogens with zero attached hydrogens (tertiary/aromatic N) is 8. The lowest BCUT2D eigenvalue weighted by Gasteiger charge is -2.30. The number of hydrogen-bond acceptors (Lipinski definition) is 8. The first-order valence-electron chi connectivity index (χ1n) is 20.9. The molecule has 0 unspecified atom stereocenters. The molecule has 10 heteroatoms. The van der Waals surface area contributed by atoms with Gasteiger partial charge in [0.2, 0.25) is 0 Å². The summed E-state index contributed by atoms with van der Waals surface area (Å²) in [7, 11) is 16.3. The van der Waals surface area contributed by atoms with Crippen molar-refractivity contribution in [1.29, 1.82) is 0 Å². The molecule has 0 aliphatic rings. The first kappa shape index (κ1) is 43.9. The van der Waals surface area contributed by atoms with Crippen LogP contribution in [0.4, 0.5) is 73.9 Å². The van der Waals surface area contributed by atoms with Gasteiger partial charge in [-0.2, -0.15) is 0 Å². The van der Waals surface area contributed by atoms with Crippen LogP contribution in [0, 0.1) is 6.57 Å². The normalized spacial score (nSPS) is 11.0. The Morgan fingerprint density at radius 1 is 0.359 bits per heavy atom. The quantitative estimate of drug-likeness (QED) is 0.0803. The lowest BCUT2D eigenvalue weighted by molar-refractivity contribution is -0.132. The summed E-state index contributed by atoms with van der Waals surface area (Å²) in [5, 5.41) is 9.52. The lowest BCUT2D eigenvalue weighted by atomic mass is 10.1. The number of hydrogen-bond donors (Lipinski definition) is 1. The number of carboxylic acids is 1. The summed E-state index contributed by atoms with van der Waals surface area (Å²) in [6.45, 7) is 7.35. The highest BCUT2D eigenvalue weighted by molar-refractivity contribution is 5.94. The van der Waals surface area contributed by atoms with Gasteiger partial charge in [0.05, 0.1) is 6.57 Å². The van der Waals surface area contributed by atoms with Crippen molar-refractivity contribution < 1.29 is 9.90 Å². The molecule has 322 valence electrons. The van der Waals surface area contributed by atoms with Gasteiger partial charge in [-0.15, -0.1) is 0 Å². The maximum Gasteiger partial charge on any atom is 0.333 e. The molecule has 7 aromatic rings. The molecule has 0 fully saturated rings. The van der Waals surface area contributed by atoms with E-state index in [9.17, 15) is 9.90 Å². The Labute approximate surface area is 377 Å². The molecule has 7 rings (SSSR count). The average molecular weight is 847 g/mol. The molecule has 10 nitrogen and oxygen atoms in total. The SMILES string of the molecule is [C-]#[N+]C(=Cc1ccc(N(c2ccc(N(c3ccc(N(C)C)cc3)c3ccc(N(C)C)cc3)cc2)c2ccc(N(c3ccc(N(C)C)cc3)c3ccc(N(C)C)cc3)cc2)cc1)C(=O)O. The van der Waals surface area contributed by atoms with Gasteiger partial charge in [0.15, 0.2) is 0 Å². The van der Waals surface area contributed by atoms with Crippen molar-refractivity contribution in [2.45, 2.75) is 0 Å². The van der Waals surface area contributed by atoms with Crippen LogP contribution in [0.5, 0.6) is 0 Å². The summed E-state index contributed by atoms with van der Waals surface area (Å²) in [4.78, 5) is 29.9. The van der Waals surface area contributed by atoms with Crippen molar-refractivity contribution in [2.24, 2.45) is 0 Å². The van der Waals surface area contributed by atoms with Crippen LogP contribution in [0.2, 0.25) is 0 Å². The van der Waals surface area contributed by atoms with Gasteiger partial charge in [-0.1, -0.05) is 12.1 Å². The molecule has 0 radical (unpaired) electrons. The number of aliphatic carboxylic acids is 1. The van der Waals surface area contributed by atoms with Crippen molar-refractivity contribution in [3.05, 3.63) is 193 Å². The van der Waals surface area contributed by atoms with Crippen LogP contribution < -0.4 is 34.3 Å². The standard InChI is InChI=1S/C54H54N8O2/c1-55-53(54(63)64)38-39-10-12-44(13-11-39)60(49-30-34-51(35-31-49)61(45-22-14-40(15-23-45)56(2)3)46-24-16-41(17-25-46)57(4)5)50-32-36-52(37-33-50)62(47-26-18-42(19-27-47)58(6)7)48-28-20-43(21-29-48)59(8)9/h10-38H,2-9H3,(H,63,64). The largest absolute Gasteiger partial charge is 0.486 e. The highest BCUT2D eigenvalue weighted by Gasteiger charge is 2.19. The third-order valence-electron chi connectivity index (χ3n) is 11.0. The molecular formula is C54H54N8O2. The van der Waals surface area contributed by atoms with Crippen LogP contribution in [0.1, 0.15) is 5.56 Å². The van der Waals surface area contributed by atoms with E-state index >= 15 is 0 Å². The second-order valence-electron chi connectivity index (χ2n) is 16.2. The lowest BCUT2D eigenvalue weighted by Crippen LogP contribution is -2.14. The zero-order valence-electron chi connectivity index (χ0n) is 37.7. The maximum absolute atomic E-state index is 11.7. The van der Waals surface area contributed by atoms with Gasteiger partial charge in [-0.05, 0) is 169 Å². The van der Waals surface area contributed by atoms with Gasteiger partial charge in [-0.25, -0.2) is 4.85 Å². The second-order valence-corrected chi connectivity index (χ2v) is 16.2. The highest BCUT2D eigenvalue weighted by atomic mass is 16.4. The Morgan fingerprint density at radius 3 is 0.688 bits per heavy atom. The predicted molar refractivity (Wildman–Crippen MR) is 270 cm³/mol. The fourth-order valence-corrected chi connectivity index (χ4v) is 7.46. The van der Waals surface area contributed by atoms with Gasteiger partial charge >= 0.3 is 5.97 Å². The maximum atomic E-state index is 11.7. The van der Waals surface area contributed by atoms with Gasteiger partial charge in [0.25, 0.3) is 5.70 Å². The molecule has 0 aromatic heterocycles. The summed E-state index contributed by atoms with van der Waals surface area (Å²) in [5.41, 5.74) is 13.6. The zero-order valence-corrected chi connectivity index (χ0v) is 37.7. The summed E-state index contributed by atoms with van der Waals surface area (Å²) < 4.78 is 0. The molecule has 0 atom stereocenters. The minimum atomic E-state index is -1.26. The molecule has 7 aromatic carbocycles. The van der Waals surface area contributed by atoms with Crippen molar-refractivity contribution in [1.82, 2.24) is 0 Å². The second kappa shape index (κ2) is 19.3. The Kier molecular flexibility index (Phi) is 13.2. The zero-order chi connectivity index (χ0) is 45.5. The van der Waals surface area contributed by atoms with E-state index in [0.29, 0.717) is 5.56 Å². The Bertz CT molecular complexity index is 2470. The van der Waals surface area contributed by atoms with Crippen LogP contribution >= 0.6 is 0 Å². The number of carbonyl (C=O) groups is 1. The molecule has 0 saturated carbocycles. The number of benzene rings is 7. The van der Waals surface area contributed by atoms with Gasteiger partial charge in [0, 0.05) is 130 Å². The molecule has 0 spiro atoms. The molecule has 64 heavy (non-hydrogen) atoms. The monoisotopic (exact) mass is 846 g/mol. The van der Waals surface area contributed by atoms with E-state index in [1.807, 2.05) is 80.6 Å². The van der Waals surface area contributed by atoms with E-state index in [4.69, 9.17) is 6.57 Å². The van der Waals surface area contributed by atoms with Crippen LogP contribution in [0.15, 0.2) is 176 Å². The fourth-order valence-electron chi connectivity index (χ4n) is 7.46.